The topological polar surface area (TPSA) is 95.9 Å². The van der Waals surface area contributed by atoms with E-state index < -0.39 is 12.1 Å². The van der Waals surface area contributed by atoms with Gasteiger partial charge in [0.1, 0.15) is 0 Å². The highest BCUT2D eigenvalue weighted by Gasteiger charge is 2.18. The van der Waals surface area contributed by atoms with Gasteiger partial charge in [0.15, 0.2) is 0 Å². The fourth-order valence-electron chi connectivity index (χ4n) is 12.3. The molecule has 0 spiro atoms. The number of nitrogens with one attached hydrogen (secondary N) is 1. The van der Waals surface area contributed by atoms with Crippen LogP contribution in [0.15, 0.2) is 24.3 Å². The highest BCUT2D eigenvalue weighted by Crippen LogP contribution is 2.20. The van der Waals surface area contributed by atoms with Gasteiger partial charge in [-0.2, -0.15) is 0 Å². The van der Waals surface area contributed by atoms with Crippen LogP contribution in [0.2, 0.25) is 0 Å². The highest BCUT2D eigenvalue weighted by atomic mass is 16.5. The number of ether oxygens (including phenoxy) is 1. The number of carbonyl (C=O) groups is 2. The molecule has 0 radical (unpaired) electrons. The molecule has 0 aliphatic heterocycles. The fourth-order valence-corrected chi connectivity index (χ4v) is 12.3. The van der Waals surface area contributed by atoms with Crippen LogP contribution in [0, 0.1) is 0 Å². The van der Waals surface area contributed by atoms with Crippen LogP contribution >= 0.6 is 0 Å². The molecule has 1 amide bonds. The number of unbranched alkanes of at least 4 members (excludes halogenated alkanes) is 60. The summed E-state index contributed by atoms with van der Waals surface area (Å²) in [5, 5.41) is 23.2. The molecule has 6 nitrogen and oxygen atoms in total. The van der Waals surface area contributed by atoms with Gasteiger partial charge in [-0.25, -0.2) is 0 Å². The Balaban J connectivity index is 3.34. The third-order valence-electron chi connectivity index (χ3n) is 18.2. The summed E-state index contributed by atoms with van der Waals surface area (Å²) >= 11 is 0. The molecule has 2 unspecified atom stereocenters. The molecule has 0 heterocycles. The molecule has 0 bridgehead atoms. The lowest BCUT2D eigenvalue weighted by Gasteiger charge is -2.20. The van der Waals surface area contributed by atoms with Crippen molar-refractivity contribution < 1.29 is 24.5 Å². The second-order valence-electron chi connectivity index (χ2n) is 26.7. The fraction of sp³-hybridized carbons (Fsp3) is 0.923. The van der Waals surface area contributed by atoms with Gasteiger partial charge >= 0.3 is 5.97 Å². The van der Waals surface area contributed by atoms with Gasteiger partial charge in [0.2, 0.25) is 5.91 Å². The van der Waals surface area contributed by atoms with E-state index in [1.54, 1.807) is 6.08 Å². The Kier molecular flexibility index (Phi) is 72.3. The standard InChI is InChI=1S/C78H151NO5/c1-3-5-7-9-11-13-15-17-19-21-36-40-44-48-52-56-60-64-68-72-78(83)84-73-69-65-61-57-53-49-45-41-38-35-33-31-29-27-25-23-22-24-26-28-30-32-34-37-39-43-47-51-55-59-63-67-71-77(82)79-75(74-80)76(81)70-66-62-58-54-50-46-42-20-18-16-14-12-10-8-6-4-2/h25,27,66,70,75-76,80-81H,3-24,26,28-65,67-69,71-74H2,1-2H3,(H,79,82)/b27-25-,70-66+. The predicted molar refractivity (Wildman–Crippen MR) is 370 cm³/mol. The summed E-state index contributed by atoms with van der Waals surface area (Å²) in [6, 6.07) is -0.626. The lowest BCUT2D eigenvalue weighted by molar-refractivity contribution is -0.143. The van der Waals surface area contributed by atoms with E-state index >= 15 is 0 Å². The number of hydrogen-bond donors (Lipinski definition) is 3. The van der Waals surface area contributed by atoms with Crippen LogP contribution in [0.3, 0.4) is 0 Å². The summed E-state index contributed by atoms with van der Waals surface area (Å²) in [5.41, 5.74) is 0. The van der Waals surface area contributed by atoms with Gasteiger partial charge in [0.05, 0.1) is 25.4 Å². The lowest BCUT2D eigenvalue weighted by Crippen LogP contribution is -2.45. The Bertz CT molecular complexity index is 1320. The minimum atomic E-state index is -0.842. The molecular weight excluding hydrogens is 1030 g/mol. The average molecular weight is 1180 g/mol. The van der Waals surface area contributed by atoms with E-state index in [0.717, 1.165) is 38.5 Å². The molecule has 0 fully saturated rings. The Hall–Kier alpha value is -1.66. The van der Waals surface area contributed by atoms with E-state index in [2.05, 4.69) is 31.3 Å². The molecule has 0 aromatic heterocycles. The van der Waals surface area contributed by atoms with Crippen LogP contribution in [-0.2, 0) is 14.3 Å². The lowest BCUT2D eigenvalue weighted by atomic mass is 10.0. The van der Waals surface area contributed by atoms with Gasteiger partial charge in [-0.1, -0.05) is 391 Å². The number of amides is 1. The highest BCUT2D eigenvalue weighted by molar-refractivity contribution is 5.76. The first-order valence-electron chi connectivity index (χ1n) is 38.6. The smallest absolute Gasteiger partial charge is 0.305 e. The minimum absolute atomic E-state index is 0.0237. The van der Waals surface area contributed by atoms with Crippen molar-refractivity contribution >= 4 is 11.9 Å². The molecule has 498 valence electrons. The van der Waals surface area contributed by atoms with Crippen molar-refractivity contribution in [2.75, 3.05) is 13.2 Å². The quantitative estimate of drug-likeness (QED) is 0.0320. The monoisotopic (exact) mass is 1180 g/mol. The van der Waals surface area contributed by atoms with E-state index in [1.165, 1.54) is 372 Å². The summed E-state index contributed by atoms with van der Waals surface area (Å²) < 4.78 is 5.52. The zero-order valence-electron chi connectivity index (χ0n) is 57.2. The van der Waals surface area contributed by atoms with Gasteiger partial charge in [-0.3, -0.25) is 9.59 Å². The molecule has 0 saturated carbocycles. The van der Waals surface area contributed by atoms with Crippen LogP contribution in [0.5, 0.6) is 0 Å². The largest absolute Gasteiger partial charge is 0.466 e. The van der Waals surface area contributed by atoms with Crippen molar-refractivity contribution in [1.29, 1.82) is 0 Å². The second-order valence-corrected chi connectivity index (χ2v) is 26.7. The number of hydrogen-bond acceptors (Lipinski definition) is 5. The molecule has 0 saturated heterocycles. The Morgan fingerprint density at radius 3 is 0.845 bits per heavy atom. The van der Waals surface area contributed by atoms with Crippen LogP contribution in [0.1, 0.15) is 438 Å². The number of esters is 1. The Morgan fingerprint density at radius 2 is 0.560 bits per heavy atom. The molecular formula is C78H151NO5. The van der Waals surface area contributed by atoms with Crippen LogP contribution in [0.4, 0.5) is 0 Å². The molecule has 3 N–H and O–H groups in total. The second kappa shape index (κ2) is 73.8. The van der Waals surface area contributed by atoms with Crippen molar-refractivity contribution in [2.24, 2.45) is 0 Å². The number of carbonyl (C=O) groups excluding carboxylic acids is 2. The normalized spacial score (nSPS) is 12.6. The third kappa shape index (κ3) is 69.4. The van der Waals surface area contributed by atoms with Gasteiger partial charge in [0, 0.05) is 12.8 Å². The van der Waals surface area contributed by atoms with E-state index in [-0.39, 0.29) is 18.5 Å². The van der Waals surface area contributed by atoms with Crippen LogP contribution in [0.25, 0.3) is 0 Å². The Morgan fingerprint density at radius 1 is 0.321 bits per heavy atom. The number of allylic oxidation sites excluding steroid dienone is 3. The minimum Gasteiger partial charge on any atom is -0.466 e. The van der Waals surface area contributed by atoms with Gasteiger partial charge in [0.25, 0.3) is 0 Å². The molecule has 0 aliphatic carbocycles. The summed E-state index contributed by atoms with van der Waals surface area (Å²) in [7, 11) is 0. The summed E-state index contributed by atoms with van der Waals surface area (Å²) in [6.07, 6.45) is 94.4. The average Bonchev–Trinajstić information content (AvgIpc) is 3.51. The van der Waals surface area contributed by atoms with Crippen molar-refractivity contribution in [3.05, 3.63) is 24.3 Å². The maximum absolute atomic E-state index is 12.5. The molecule has 6 heteroatoms. The first kappa shape index (κ1) is 82.3. The van der Waals surface area contributed by atoms with Gasteiger partial charge in [-0.15, -0.1) is 0 Å². The molecule has 84 heavy (non-hydrogen) atoms. The molecule has 0 aliphatic rings. The van der Waals surface area contributed by atoms with Gasteiger partial charge in [-0.05, 0) is 57.8 Å². The number of aliphatic hydroxyl groups excluding tert-OH is 2. The SMILES string of the molecule is CCCCCCCCCCCCCCCC/C=C/C(O)C(CO)NC(=O)CCCCCCCCCCCCCCCCCC/C=C\CCCCCCCCCCCCCCOC(=O)CCCCCCCCCCCCCCCCCCCCC. The van der Waals surface area contributed by atoms with E-state index in [0.29, 0.717) is 19.4 Å². The summed E-state index contributed by atoms with van der Waals surface area (Å²) in [6.45, 7) is 4.95. The van der Waals surface area contributed by atoms with E-state index in [9.17, 15) is 19.8 Å². The summed E-state index contributed by atoms with van der Waals surface area (Å²) in [5.74, 6) is -0.0384. The molecule has 0 aromatic carbocycles. The van der Waals surface area contributed by atoms with Crippen molar-refractivity contribution in [3.63, 3.8) is 0 Å². The van der Waals surface area contributed by atoms with Crippen molar-refractivity contribution in [2.45, 2.75) is 450 Å². The van der Waals surface area contributed by atoms with E-state index in [1.807, 2.05) is 6.08 Å². The maximum atomic E-state index is 12.5. The maximum Gasteiger partial charge on any atom is 0.305 e. The Labute approximate surface area is 526 Å². The first-order valence-corrected chi connectivity index (χ1v) is 38.6. The molecule has 0 aromatic rings. The van der Waals surface area contributed by atoms with Crippen molar-refractivity contribution in [1.82, 2.24) is 5.32 Å². The van der Waals surface area contributed by atoms with Crippen molar-refractivity contribution in [3.8, 4) is 0 Å². The van der Waals surface area contributed by atoms with Gasteiger partial charge < -0.3 is 20.3 Å². The van der Waals surface area contributed by atoms with Crippen LogP contribution in [-0.4, -0.2) is 47.4 Å². The zero-order chi connectivity index (χ0) is 60.6. The van der Waals surface area contributed by atoms with E-state index in [4.69, 9.17) is 4.74 Å². The number of rotatable bonds is 73. The summed E-state index contributed by atoms with van der Waals surface area (Å²) in [4.78, 5) is 24.6. The molecule has 2 atom stereocenters. The first-order chi connectivity index (χ1) is 41.5. The predicted octanol–water partition coefficient (Wildman–Crippen LogP) is 25.3. The zero-order valence-corrected chi connectivity index (χ0v) is 57.2. The van der Waals surface area contributed by atoms with Crippen LogP contribution < -0.4 is 5.32 Å². The molecule has 0 rings (SSSR count). The third-order valence-corrected chi connectivity index (χ3v) is 18.2. The number of aliphatic hydroxyl groups is 2.